The fourth-order valence-corrected chi connectivity index (χ4v) is 4.12. The van der Waals surface area contributed by atoms with Gasteiger partial charge in [-0.05, 0) is 35.4 Å². The average Bonchev–Trinajstić information content (AvgIpc) is 2.72. The lowest BCUT2D eigenvalue weighted by Crippen LogP contribution is -2.49. The molecule has 1 aliphatic rings. The van der Waals surface area contributed by atoms with E-state index in [1.165, 1.54) is 15.8 Å². The van der Waals surface area contributed by atoms with Crippen molar-refractivity contribution in [2.75, 3.05) is 26.2 Å². The summed E-state index contributed by atoms with van der Waals surface area (Å²) in [4.78, 5) is 14.0. The van der Waals surface area contributed by atoms with Crippen LogP contribution in [0.4, 0.5) is 0 Å². The zero-order chi connectivity index (χ0) is 20.0. The Hall–Kier alpha value is -2.41. The normalized spacial score (nSPS) is 16.1. The van der Waals surface area contributed by atoms with Gasteiger partial charge in [-0.1, -0.05) is 54.1 Å². The van der Waals surface area contributed by atoms with Crippen LogP contribution in [-0.2, 0) is 14.8 Å². The van der Waals surface area contributed by atoms with Crippen molar-refractivity contribution in [3.05, 3.63) is 82.2 Å². The molecule has 1 amide bonds. The van der Waals surface area contributed by atoms with Crippen LogP contribution < -0.4 is 0 Å². The molecular formula is C21H21ClN2O3S. The highest BCUT2D eigenvalue weighted by Crippen LogP contribution is 2.13. The number of carbonyl (C=O) groups excluding carboxylic acids is 1. The van der Waals surface area contributed by atoms with Crippen molar-refractivity contribution >= 4 is 39.7 Å². The second kappa shape index (κ2) is 9.19. The molecule has 2 aromatic rings. The van der Waals surface area contributed by atoms with Gasteiger partial charge in [-0.15, -0.1) is 0 Å². The van der Waals surface area contributed by atoms with Crippen molar-refractivity contribution in [1.29, 1.82) is 0 Å². The monoisotopic (exact) mass is 416 g/mol. The van der Waals surface area contributed by atoms with Crippen molar-refractivity contribution in [1.82, 2.24) is 9.21 Å². The van der Waals surface area contributed by atoms with Crippen molar-refractivity contribution in [3.63, 3.8) is 0 Å². The van der Waals surface area contributed by atoms with E-state index in [1.54, 1.807) is 29.2 Å². The van der Waals surface area contributed by atoms with Gasteiger partial charge in [0.05, 0.1) is 0 Å². The number of rotatable bonds is 5. The van der Waals surface area contributed by atoms with E-state index in [9.17, 15) is 13.2 Å². The Morgan fingerprint density at radius 3 is 2.11 bits per heavy atom. The number of piperazine rings is 1. The van der Waals surface area contributed by atoms with Crippen LogP contribution >= 0.6 is 11.6 Å². The first-order chi connectivity index (χ1) is 13.4. The summed E-state index contributed by atoms with van der Waals surface area (Å²) in [5.41, 5.74) is 1.71. The number of amides is 1. The molecule has 0 unspecified atom stereocenters. The Morgan fingerprint density at radius 2 is 1.46 bits per heavy atom. The number of nitrogens with zero attached hydrogens (tertiary/aromatic N) is 2. The molecule has 5 nitrogen and oxygen atoms in total. The molecule has 0 aliphatic carbocycles. The number of sulfonamides is 1. The molecule has 146 valence electrons. The highest BCUT2D eigenvalue weighted by atomic mass is 35.5. The molecule has 0 atom stereocenters. The summed E-state index contributed by atoms with van der Waals surface area (Å²) in [6, 6.07) is 16.5. The third kappa shape index (κ3) is 5.55. The van der Waals surface area contributed by atoms with Crippen LogP contribution in [0.5, 0.6) is 0 Å². The van der Waals surface area contributed by atoms with E-state index < -0.39 is 10.0 Å². The van der Waals surface area contributed by atoms with E-state index >= 15 is 0 Å². The summed E-state index contributed by atoms with van der Waals surface area (Å²) in [6.07, 6.45) is 4.81. The number of halogens is 1. The zero-order valence-corrected chi connectivity index (χ0v) is 16.8. The maximum Gasteiger partial charge on any atom is 0.246 e. The number of carbonyl (C=O) groups is 1. The van der Waals surface area contributed by atoms with Gasteiger partial charge in [-0.2, -0.15) is 4.31 Å². The minimum Gasteiger partial charge on any atom is -0.337 e. The summed E-state index contributed by atoms with van der Waals surface area (Å²) in [7, 11) is -3.51. The minimum absolute atomic E-state index is 0.133. The Morgan fingerprint density at radius 1 is 0.857 bits per heavy atom. The van der Waals surface area contributed by atoms with Crippen molar-refractivity contribution in [3.8, 4) is 0 Å². The fraction of sp³-hybridized carbons (Fsp3) is 0.190. The Labute approximate surface area is 170 Å². The molecule has 0 spiro atoms. The summed E-state index contributed by atoms with van der Waals surface area (Å²) < 4.78 is 26.4. The third-order valence-electron chi connectivity index (χ3n) is 4.43. The van der Waals surface area contributed by atoms with Crippen molar-refractivity contribution < 1.29 is 13.2 Å². The van der Waals surface area contributed by atoms with Gasteiger partial charge in [0, 0.05) is 42.7 Å². The van der Waals surface area contributed by atoms with Gasteiger partial charge >= 0.3 is 0 Å². The largest absolute Gasteiger partial charge is 0.337 e. The van der Waals surface area contributed by atoms with E-state index in [1.807, 2.05) is 42.5 Å². The maximum atomic E-state index is 12.5. The average molecular weight is 417 g/mol. The molecule has 0 aromatic heterocycles. The first kappa shape index (κ1) is 20.3. The molecule has 0 saturated carbocycles. The lowest BCUT2D eigenvalue weighted by molar-refractivity contribution is -0.127. The Balaban J connectivity index is 1.55. The van der Waals surface area contributed by atoms with Gasteiger partial charge < -0.3 is 4.90 Å². The predicted octanol–water partition coefficient (Wildman–Crippen LogP) is 3.50. The molecule has 0 N–H and O–H groups in total. The third-order valence-corrected chi connectivity index (χ3v) is 6.25. The summed E-state index contributed by atoms with van der Waals surface area (Å²) in [5.74, 6) is -0.133. The molecule has 0 radical (unpaired) electrons. The molecule has 1 fully saturated rings. The van der Waals surface area contributed by atoms with Gasteiger partial charge in [0.2, 0.25) is 15.9 Å². The topological polar surface area (TPSA) is 57.7 Å². The molecule has 1 saturated heterocycles. The molecule has 0 bridgehead atoms. The van der Waals surface area contributed by atoms with Crippen LogP contribution in [0.15, 0.2) is 66.1 Å². The smallest absolute Gasteiger partial charge is 0.246 e. The van der Waals surface area contributed by atoms with Gasteiger partial charge in [-0.3, -0.25) is 4.79 Å². The lowest BCUT2D eigenvalue weighted by Gasteiger charge is -2.32. The molecule has 28 heavy (non-hydrogen) atoms. The number of benzene rings is 2. The van der Waals surface area contributed by atoms with Crippen LogP contribution in [0.3, 0.4) is 0 Å². The van der Waals surface area contributed by atoms with Crippen molar-refractivity contribution in [2.24, 2.45) is 0 Å². The lowest BCUT2D eigenvalue weighted by atomic mass is 10.2. The van der Waals surface area contributed by atoms with Crippen LogP contribution in [0.25, 0.3) is 12.2 Å². The molecule has 2 aromatic carbocycles. The summed E-state index contributed by atoms with van der Waals surface area (Å²) >= 11 is 5.85. The standard InChI is InChI=1S/C21H21ClN2O3S/c22-20-9-6-19(7-10-20)8-11-21(25)23-13-15-24(16-14-23)28(26,27)17-12-18-4-2-1-3-5-18/h1-12,17H,13-16H2/b11-8+,17-12+. The van der Waals surface area contributed by atoms with Gasteiger partial charge in [0.25, 0.3) is 0 Å². The molecule has 1 aliphatic heterocycles. The van der Waals surface area contributed by atoms with Crippen LogP contribution in [-0.4, -0.2) is 49.7 Å². The minimum atomic E-state index is -3.51. The van der Waals surface area contributed by atoms with Crippen molar-refractivity contribution in [2.45, 2.75) is 0 Å². The maximum absolute atomic E-state index is 12.5. The summed E-state index contributed by atoms with van der Waals surface area (Å²) in [5, 5.41) is 1.86. The van der Waals surface area contributed by atoms with Gasteiger partial charge in [0.15, 0.2) is 0 Å². The van der Waals surface area contributed by atoms with E-state index in [-0.39, 0.29) is 19.0 Å². The first-order valence-corrected chi connectivity index (χ1v) is 10.8. The fourth-order valence-electron chi connectivity index (χ4n) is 2.82. The van der Waals surface area contributed by atoms with E-state index in [2.05, 4.69) is 0 Å². The number of hydrogen-bond acceptors (Lipinski definition) is 3. The van der Waals surface area contributed by atoms with Gasteiger partial charge in [-0.25, -0.2) is 8.42 Å². The van der Waals surface area contributed by atoms with E-state index in [0.29, 0.717) is 18.1 Å². The second-order valence-electron chi connectivity index (χ2n) is 6.37. The Bertz CT molecular complexity index is 962. The Kier molecular flexibility index (Phi) is 6.67. The van der Waals surface area contributed by atoms with Crippen LogP contribution in [0, 0.1) is 0 Å². The van der Waals surface area contributed by atoms with Crippen LogP contribution in [0.1, 0.15) is 11.1 Å². The predicted molar refractivity (Wildman–Crippen MR) is 113 cm³/mol. The van der Waals surface area contributed by atoms with E-state index in [4.69, 9.17) is 11.6 Å². The summed E-state index contributed by atoms with van der Waals surface area (Å²) in [6.45, 7) is 1.29. The molecule has 3 rings (SSSR count). The molecule has 1 heterocycles. The number of hydrogen-bond donors (Lipinski definition) is 0. The van der Waals surface area contributed by atoms with E-state index in [0.717, 1.165) is 11.1 Å². The molecule has 7 heteroatoms. The van der Waals surface area contributed by atoms with Crippen LogP contribution in [0.2, 0.25) is 5.02 Å². The second-order valence-corrected chi connectivity index (χ2v) is 8.62. The zero-order valence-electron chi connectivity index (χ0n) is 15.2. The SMILES string of the molecule is O=C(/C=C/c1ccc(Cl)cc1)N1CCN(S(=O)(=O)/C=C/c2ccccc2)CC1. The van der Waals surface area contributed by atoms with Gasteiger partial charge in [0.1, 0.15) is 0 Å². The first-order valence-electron chi connectivity index (χ1n) is 8.90. The molecular weight excluding hydrogens is 396 g/mol. The highest BCUT2D eigenvalue weighted by molar-refractivity contribution is 7.92. The quantitative estimate of drug-likeness (QED) is 0.701. The highest BCUT2D eigenvalue weighted by Gasteiger charge is 2.26.